The fourth-order valence-corrected chi connectivity index (χ4v) is 4.69. The molecule has 0 atom stereocenters. The van der Waals surface area contributed by atoms with Crippen molar-refractivity contribution in [2.45, 2.75) is 33.2 Å². The van der Waals surface area contributed by atoms with Gasteiger partial charge in [0.2, 0.25) is 10.0 Å². The summed E-state index contributed by atoms with van der Waals surface area (Å²) in [5, 5.41) is 0.641. The van der Waals surface area contributed by atoms with Crippen LogP contribution in [0, 0.1) is 5.82 Å². The smallest absolute Gasteiger partial charge is 0.282 e. The Kier molecular flexibility index (Phi) is 6.27. The molecule has 0 saturated heterocycles. The number of carbonyl (C=O) groups excluding carboxylic acids is 2. The fraction of sp³-hybridized carbons (Fsp3) is 0.231. The van der Waals surface area contributed by atoms with Gasteiger partial charge in [-0.3, -0.25) is 9.59 Å². The highest BCUT2D eigenvalue weighted by Gasteiger charge is 2.30. The Labute approximate surface area is 197 Å². The Balaban J connectivity index is 2.08. The number of nitrogens with one attached hydrogen (secondary N) is 1. The molecular weight excluding hydrogens is 455 g/mol. The summed E-state index contributed by atoms with van der Waals surface area (Å²) in [4.78, 5) is 26.4. The number of sulfonamides is 1. The van der Waals surface area contributed by atoms with Crippen LogP contribution in [0.5, 0.6) is 0 Å². The highest BCUT2D eigenvalue weighted by atomic mass is 32.2. The molecular formula is C26H25FN2O4S. The van der Waals surface area contributed by atoms with Gasteiger partial charge in [0, 0.05) is 34.0 Å². The SMILES string of the molecule is CCc1ccc2c(c1)c(C1=CC=C(C)CC1=O)c(C(=O)NS(C)(=O)=O)n2Cc1ccccc1F. The number of hydrogen-bond acceptors (Lipinski definition) is 4. The topological polar surface area (TPSA) is 85.2 Å². The van der Waals surface area contributed by atoms with Gasteiger partial charge in [-0.2, -0.15) is 0 Å². The van der Waals surface area contributed by atoms with Crippen LogP contribution >= 0.6 is 0 Å². The van der Waals surface area contributed by atoms with Gasteiger partial charge in [0.1, 0.15) is 11.5 Å². The van der Waals surface area contributed by atoms with E-state index in [0.29, 0.717) is 27.6 Å². The molecule has 0 unspecified atom stereocenters. The summed E-state index contributed by atoms with van der Waals surface area (Å²) in [6.07, 6.45) is 5.30. The second kappa shape index (κ2) is 9.02. The van der Waals surface area contributed by atoms with Crippen LogP contribution in [0.4, 0.5) is 4.39 Å². The number of nitrogens with zero attached hydrogens (tertiary/aromatic N) is 1. The summed E-state index contributed by atoms with van der Waals surface area (Å²) in [7, 11) is -3.89. The number of fused-ring (bicyclic) bond motifs is 1. The largest absolute Gasteiger partial charge is 0.331 e. The van der Waals surface area contributed by atoms with Crippen molar-refractivity contribution in [3.63, 3.8) is 0 Å². The number of aromatic nitrogens is 1. The average molecular weight is 481 g/mol. The first-order valence-electron chi connectivity index (χ1n) is 10.9. The first-order chi connectivity index (χ1) is 16.1. The third-order valence-corrected chi connectivity index (χ3v) is 6.42. The molecule has 34 heavy (non-hydrogen) atoms. The van der Waals surface area contributed by atoms with Gasteiger partial charge in [-0.25, -0.2) is 17.5 Å². The molecule has 176 valence electrons. The minimum Gasteiger partial charge on any atom is -0.331 e. The molecule has 1 aromatic heterocycles. The van der Waals surface area contributed by atoms with Crippen molar-refractivity contribution in [3.8, 4) is 0 Å². The third kappa shape index (κ3) is 4.59. The van der Waals surface area contributed by atoms with E-state index in [1.165, 1.54) is 6.07 Å². The monoisotopic (exact) mass is 480 g/mol. The molecule has 6 nitrogen and oxygen atoms in total. The second-order valence-electron chi connectivity index (χ2n) is 8.50. The highest BCUT2D eigenvalue weighted by molar-refractivity contribution is 7.89. The maximum atomic E-state index is 14.6. The molecule has 4 rings (SSSR count). The van der Waals surface area contributed by atoms with Crippen molar-refractivity contribution in [1.29, 1.82) is 0 Å². The Hall–Kier alpha value is -3.52. The van der Waals surface area contributed by atoms with Gasteiger partial charge in [0.15, 0.2) is 5.78 Å². The van der Waals surface area contributed by atoms with Crippen LogP contribution in [-0.4, -0.2) is 30.9 Å². The Morgan fingerprint density at radius 2 is 1.88 bits per heavy atom. The molecule has 1 aliphatic carbocycles. The molecule has 8 heteroatoms. The third-order valence-electron chi connectivity index (χ3n) is 5.86. The van der Waals surface area contributed by atoms with Crippen LogP contribution in [0.25, 0.3) is 16.5 Å². The molecule has 0 aliphatic heterocycles. The lowest BCUT2D eigenvalue weighted by molar-refractivity contribution is -0.113. The number of aryl methyl sites for hydroxylation is 1. The number of allylic oxidation sites excluding steroid dienone is 4. The van der Waals surface area contributed by atoms with Gasteiger partial charge < -0.3 is 4.57 Å². The summed E-state index contributed by atoms with van der Waals surface area (Å²) in [6.45, 7) is 3.82. The van der Waals surface area contributed by atoms with Crippen LogP contribution in [0.15, 0.2) is 60.2 Å². The predicted molar refractivity (Wildman–Crippen MR) is 130 cm³/mol. The summed E-state index contributed by atoms with van der Waals surface area (Å²) in [5.74, 6) is -1.49. The number of amides is 1. The predicted octanol–water partition coefficient (Wildman–Crippen LogP) is 4.38. The zero-order valence-corrected chi connectivity index (χ0v) is 20.0. The zero-order chi connectivity index (χ0) is 24.6. The summed E-state index contributed by atoms with van der Waals surface area (Å²) >= 11 is 0. The van der Waals surface area contributed by atoms with E-state index in [-0.39, 0.29) is 24.4 Å². The molecule has 3 aromatic rings. The lowest BCUT2D eigenvalue weighted by Gasteiger charge is -2.15. The molecule has 0 spiro atoms. The van der Waals surface area contributed by atoms with E-state index in [1.807, 2.05) is 42.8 Å². The number of carbonyl (C=O) groups is 2. The van der Waals surface area contributed by atoms with Gasteiger partial charge in [-0.15, -0.1) is 0 Å². The Morgan fingerprint density at radius 3 is 2.53 bits per heavy atom. The quantitative estimate of drug-likeness (QED) is 0.567. The van der Waals surface area contributed by atoms with Crippen molar-refractivity contribution >= 4 is 38.2 Å². The van der Waals surface area contributed by atoms with Crippen molar-refractivity contribution in [3.05, 3.63) is 88.4 Å². The van der Waals surface area contributed by atoms with Crippen LogP contribution < -0.4 is 4.72 Å². The lowest BCUT2D eigenvalue weighted by atomic mass is 9.90. The molecule has 1 amide bonds. The minimum absolute atomic E-state index is 0.00415. The van der Waals surface area contributed by atoms with Crippen LogP contribution in [-0.2, 0) is 27.8 Å². The molecule has 0 bridgehead atoms. The standard InChI is InChI=1S/C26H25FN2O4S/c1-4-17-10-12-22-20(14-17)24(19-11-9-16(2)13-23(19)30)25(26(31)28-34(3,32)33)29(22)15-18-7-5-6-8-21(18)27/h5-12,14H,4,13,15H2,1-3H3,(H,28,31). The Morgan fingerprint density at radius 1 is 1.15 bits per heavy atom. The lowest BCUT2D eigenvalue weighted by Crippen LogP contribution is -2.32. The molecule has 0 fully saturated rings. The molecule has 0 saturated carbocycles. The van der Waals surface area contributed by atoms with Crippen molar-refractivity contribution in [2.24, 2.45) is 0 Å². The first kappa shape index (κ1) is 23.6. The van der Waals surface area contributed by atoms with Gasteiger partial charge in [0.25, 0.3) is 5.91 Å². The van der Waals surface area contributed by atoms with Gasteiger partial charge in [-0.05, 0) is 37.1 Å². The molecule has 1 N–H and O–H groups in total. The Bertz CT molecular complexity index is 1500. The molecule has 0 radical (unpaired) electrons. The van der Waals surface area contributed by atoms with Gasteiger partial charge >= 0.3 is 0 Å². The van der Waals surface area contributed by atoms with Crippen LogP contribution in [0.1, 0.15) is 47.4 Å². The van der Waals surface area contributed by atoms with Gasteiger partial charge in [-0.1, -0.05) is 48.9 Å². The number of Topliss-reactive ketones (excluding diaryl/α,β-unsaturated/α-hetero) is 1. The van der Waals surface area contributed by atoms with E-state index in [1.54, 1.807) is 28.8 Å². The normalized spacial score (nSPS) is 14.2. The maximum absolute atomic E-state index is 14.6. The number of halogens is 1. The number of hydrogen-bond donors (Lipinski definition) is 1. The highest BCUT2D eigenvalue weighted by Crippen LogP contribution is 2.36. The summed E-state index contributed by atoms with van der Waals surface area (Å²) < 4.78 is 42.1. The molecule has 1 heterocycles. The second-order valence-corrected chi connectivity index (χ2v) is 10.3. The van der Waals surface area contributed by atoms with E-state index in [0.717, 1.165) is 23.8 Å². The van der Waals surface area contributed by atoms with E-state index in [4.69, 9.17) is 0 Å². The van der Waals surface area contributed by atoms with Crippen molar-refractivity contribution < 1.29 is 22.4 Å². The van der Waals surface area contributed by atoms with Crippen LogP contribution in [0.2, 0.25) is 0 Å². The summed E-state index contributed by atoms with van der Waals surface area (Å²) in [5.41, 5.74) is 3.51. The number of rotatable bonds is 6. The van der Waals surface area contributed by atoms with E-state index in [9.17, 15) is 22.4 Å². The molecule has 1 aliphatic rings. The van der Waals surface area contributed by atoms with Crippen molar-refractivity contribution in [2.75, 3.05) is 6.26 Å². The average Bonchev–Trinajstić information content (AvgIpc) is 3.07. The van der Waals surface area contributed by atoms with E-state index in [2.05, 4.69) is 0 Å². The zero-order valence-electron chi connectivity index (χ0n) is 19.2. The number of ketones is 1. The maximum Gasteiger partial charge on any atom is 0.282 e. The molecule has 2 aromatic carbocycles. The van der Waals surface area contributed by atoms with E-state index < -0.39 is 21.7 Å². The van der Waals surface area contributed by atoms with E-state index >= 15 is 0 Å². The minimum atomic E-state index is -3.89. The summed E-state index contributed by atoms with van der Waals surface area (Å²) in [6, 6.07) is 11.8. The van der Waals surface area contributed by atoms with Gasteiger partial charge in [0.05, 0.1) is 12.8 Å². The first-order valence-corrected chi connectivity index (χ1v) is 12.8. The number of benzene rings is 2. The fourth-order valence-electron chi connectivity index (χ4n) is 4.26. The van der Waals surface area contributed by atoms with Crippen molar-refractivity contribution in [1.82, 2.24) is 9.29 Å². The van der Waals surface area contributed by atoms with Crippen LogP contribution in [0.3, 0.4) is 0 Å².